The summed E-state index contributed by atoms with van der Waals surface area (Å²) < 4.78 is 2.67. The number of carbonyl (C=O) groups excluding carboxylic acids is 2. The fourth-order valence-electron chi connectivity index (χ4n) is 4.79. The van der Waals surface area contributed by atoms with Gasteiger partial charge in [0, 0.05) is 18.5 Å². The zero-order chi connectivity index (χ0) is 29.1. The minimum absolute atomic E-state index is 0.00656. The molecule has 10 nitrogen and oxygen atoms in total. The van der Waals surface area contributed by atoms with E-state index in [0.29, 0.717) is 29.9 Å². The van der Waals surface area contributed by atoms with Crippen LogP contribution in [0.3, 0.4) is 0 Å². The number of carbonyl (C=O) groups is 3. The Morgan fingerprint density at radius 3 is 2.29 bits per heavy atom. The van der Waals surface area contributed by atoms with Crippen molar-refractivity contribution < 1.29 is 19.5 Å². The SMILES string of the molecule is O=C(Nc1ccc(C[C@H](NC(=O)[C@@H]2CCc3nn(Cc4ccccc4)c(=O)n32)C(=O)O)cc1)c1c(Cl)cccc1Cl. The lowest BCUT2D eigenvalue weighted by molar-refractivity contribution is -0.142. The van der Waals surface area contributed by atoms with E-state index in [1.807, 2.05) is 30.3 Å². The second kappa shape index (κ2) is 12.0. The Morgan fingerprint density at radius 1 is 0.951 bits per heavy atom. The maximum atomic E-state index is 13.2. The monoisotopic (exact) mass is 593 g/mol. The number of fused-ring (bicyclic) bond motifs is 1. The summed E-state index contributed by atoms with van der Waals surface area (Å²) in [5, 5.41) is 19.9. The Morgan fingerprint density at radius 2 is 1.63 bits per heavy atom. The molecule has 1 aliphatic heterocycles. The van der Waals surface area contributed by atoms with E-state index in [0.717, 1.165) is 5.56 Å². The standard InChI is InChI=1S/C29H25Cl2N5O5/c30-20-7-4-8-21(31)25(20)27(38)32-19-11-9-17(10-12-19)15-22(28(39)40)33-26(37)23-13-14-24-34-35(29(41)36(23)24)16-18-5-2-1-3-6-18/h1-12,22-23H,13-16H2,(H,32,38)(H,33,37)(H,39,40)/t22-,23-/m0/s1. The lowest BCUT2D eigenvalue weighted by Gasteiger charge is -2.18. The fraction of sp³-hybridized carbons (Fsp3) is 0.207. The maximum Gasteiger partial charge on any atom is 0.346 e. The Bertz CT molecular complexity index is 1650. The minimum Gasteiger partial charge on any atom is -0.480 e. The first-order chi connectivity index (χ1) is 19.7. The molecule has 12 heteroatoms. The van der Waals surface area contributed by atoms with E-state index in [-0.39, 0.29) is 28.6 Å². The summed E-state index contributed by atoms with van der Waals surface area (Å²) >= 11 is 12.2. The molecule has 0 unspecified atom stereocenters. The average molecular weight is 594 g/mol. The zero-order valence-electron chi connectivity index (χ0n) is 21.6. The molecule has 0 radical (unpaired) electrons. The largest absolute Gasteiger partial charge is 0.480 e. The summed E-state index contributed by atoms with van der Waals surface area (Å²) in [4.78, 5) is 50.9. The molecular weight excluding hydrogens is 569 g/mol. The lowest BCUT2D eigenvalue weighted by Crippen LogP contribution is -2.46. The maximum absolute atomic E-state index is 13.2. The van der Waals surface area contributed by atoms with Crippen LogP contribution in [0.25, 0.3) is 0 Å². The van der Waals surface area contributed by atoms with Gasteiger partial charge in [-0.05, 0) is 41.8 Å². The molecule has 3 aromatic carbocycles. The van der Waals surface area contributed by atoms with Gasteiger partial charge >= 0.3 is 11.7 Å². The van der Waals surface area contributed by atoms with Crippen molar-refractivity contribution in [3.05, 3.63) is 116 Å². The molecule has 1 aliphatic rings. The van der Waals surface area contributed by atoms with Crippen LogP contribution < -0.4 is 16.3 Å². The van der Waals surface area contributed by atoms with Gasteiger partial charge in [-0.2, -0.15) is 5.10 Å². The van der Waals surface area contributed by atoms with Crippen molar-refractivity contribution >= 4 is 46.7 Å². The number of rotatable bonds is 9. The van der Waals surface area contributed by atoms with E-state index in [1.54, 1.807) is 42.5 Å². The predicted molar refractivity (Wildman–Crippen MR) is 154 cm³/mol. The summed E-state index contributed by atoms with van der Waals surface area (Å²) in [7, 11) is 0. The van der Waals surface area contributed by atoms with Crippen molar-refractivity contribution in [3.8, 4) is 0 Å². The second-order valence-electron chi connectivity index (χ2n) is 9.62. The highest BCUT2D eigenvalue weighted by Crippen LogP contribution is 2.26. The molecule has 41 heavy (non-hydrogen) atoms. The van der Waals surface area contributed by atoms with Gasteiger partial charge in [0.2, 0.25) is 5.91 Å². The van der Waals surface area contributed by atoms with Gasteiger partial charge in [0.05, 0.1) is 22.2 Å². The van der Waals surface area contributed by atoms with Crippen LogP contribution in [0.15, 0.2) is 77.6 Å². The molecule has 0 saturated carbocycles. The van der Waals surface area contributed by atoms with Crippen molar-refractivity contribution in [3.63, 3.8) is 0 Å². The van der Waals surface area contributed by atoms with E-state index in [2.05, 4.69) is 15.7 Å². The third-order valence-electron chi connectivity index (χ3n) is 6.83. The molecule has 5 rings (SSSR count). The third kappa shape index (κ3) is 6.18. The number of hydrogen-bond acceptors (Lipinski definition) is 5. The molecule has 0 bridgehead atoms. The average Bonchev–Trinajstić information content (AvgIpc) is 3.49. The van der Waals surface area contributed by atoms with Crippen LogP contribution in [-0.2, 0) is 29.0 Å². The predicted octanol–water partition coefficient (Wildman–Crippen LogP) is 3.95. The van der Waals surface area contributed by atoms with Crippen LogP contribution in [0.2, 0.25) is 10.0 Å². The summed E-state index contributed by atoms with van der Waals surface area (Å²) in [6, 6.07) is 18.6. The molecule has 2 heterocycles. The van der Waals surface area contributed by atoms with E-state index in [1.165, 1.54) is 9.25 Å². The topological polar surface area (TPSA) is 135 Å². The van der Waals surface area contributed by atoms with Crippen molar-refractivity contribution in [2.75, 3.05) is 5.32 Å². The molecule has 210 valence electrons. The smallest absolute Gasteiger partial charge is 0.346 e. The number of nitrogens with zero attached hydrogens (tertiary/aromatic N) is 3. The number of aryl methyl sites for hydroxylation is 1. The number of aromatic nitrogens is 3. The van der Waals surface area contributed by atoms with Crippen molar-refractivity contribution in [2.24, 2.45) is 0 Å². The highest BCUT2D eigenvalue weighted by molar-refractivity contribution is 6.40. The van der Waals surface area contributed by atoms with Crippen LogP contribution in [0.4, 0.5) is 5.69 Å². The molecule has 0 aliphatic carbocycles. The van der Waals surface area contributed by atoms with E-state index in [9.17, 15) is 24.3 Å². The first-order valence-corrected chi connectivity index (χ1v) is 13.6. The Kier molecular flexibility index (Phi) is 8.23. The minimum atomic E-state index is -1.23. The number of amides is 2. The Labute approximate surface area is 244 Å². The number of halogens is 2. The highest BCUT2D eigenvalue weighted by Gasteiger charge is 2.35. The van der Waals surface area contributed by atoms with Gasteiger partial charge in [-0.1, -0.05) is 71.7 Å². The van der Waals surface area contributed by atoms with Gasteiger partial charge in [-0.15, -0.1) is 0 Å². The number of aliphatic carboxylic acids is 1. The number of carboxylic acids is 1. The molecule has 3 N–H and O–H groups in total. The number of nitrogens with one attached hydrogen (secondary N) is 2. The molecule has 0 spiro atoms. The van der Waals surface area contributed by atoms with Crippen molar-refractivity contribution in [1.29, 1.82) is 0 Å². The number of benzene rings is 3. The van der Waals surface area contributed by atoms with Gasteiger partial charge in [-0.3, -0.25) is 14.2 Å². The first-order valence-electron chi connectivity index (χ1n) is 12.8. The number of anilines is 1. The Hall–Kier alpha value is -4.41. The Balaban J connectivity index is 1.24. The van der Waals surface area contributed by atoms with E-state index < -0.39 is 35.6 Å². The number of hydrogen-bond donors (Lipinski definition) is 3. The molecule has 0 fully saturated rings. The van der Waals surface area contributed by atoms with Crippen molar-refractivity contribution in [2.45, 2.75) is 37.9 Å². The van der Waals surface area contributed by atoms with Crippen LogP contribution in [0, 0.1) is 0 Å². The number of carboxylic acid groups (broad SMARTS) is 1. The summed E-state index contributed by atoms with van der Waals surface area (Å²) in [5.74, 6) is -1.76. The van der Waals surface area contributed by atoms with E-state index >= 15 is 0 Å². The molecule has 0 saturated heterocycles. The first kappa shape index (κ1) is 28.1. The third-order valence-corrected chi connectivity index (χ3v) is 7.46. The highest BCUT2D eigenvalue weighted by atomic mass is 35.5. The van der Waals surface area contributed by atoms with Crippen LogP contribution in [-0.4, -0.2) is 43.3 Å². The normalized spacial score (nSPS) is 14.7. The van der Waals surface area contributed by atoms with Gasteiger partial charge in [0.25, 0.3) is 5.91 Å². The molecular formula is C29H25Cl2N5O5. The molecule has 2 amide bonds. The van der Waals surface area contributed by atoms with Crippen LogP contribution >= 0.6 is 23.2 Å². The van der Waals surface area contributed by atoms with E-state index in [4.69, 9.17) is 23.2 Å². The van der Waals surface area contributed by atoms with Crippen LogP contribution in [0.5, 0.6) is 0 Å². The lowest BCUT2D eigenvalue weighted by atomic mass is 10.0. The molecule has 1 aromatic heterocycles. The summed E-state index contributed by atoms with van der Waals surface area (Å²) in [6.45, 7) is 0.271. The van der Waals surface area contributed by atoms with Gasteiger partial charge < -0.3 is 15.7 Å². The zero-order valence-corrected chi connectivity index (χ0v) is 23.1. The fourth-order valence-corrected chi connectivity index (χ4v) is 5.36. The van der Waals surface area contributed by atoms with Gasteiger partial charge in [0.15, 0.2) is 0 Å². The summed E-state index contributed by atoms with van der Waals surface area (Å²) in [5.41, 5.74) is 1.71. The van der Waals surface area contributed by atoms with Gasteiger partial charge in [-0.25, -0.2) is 14.3 Å². The molecule has 4 aromatic rings. The van der Waals surface area contributed by atoms with Crippen LogP contribution in [0.1, 0.15) is 39.8 Å². The second-order valence-corrected chi connectivity index (χ2v) is 10.4. The quantitative estimate of drug-likeness (QED) is 0.269. The molecule has 2 atom stereocenters. The van der Waals surface area contributed by atoms with Crippen molar-refractivity contribution in [1.82, 2.24) is 19.7 Å². The van der Waals surface area contributed by atoms with Gasteiger partial charge in [0.1, 0.15) is 17.9 Å². The summed E-state index contributed by atoms with van der Waals surface area (Å²) in [6.07, 6.45) is 0.776.